The van der Waals surface area contributed by atoms with Gasteiger partial charge >= 0.3 is 0 Å². The molecule has 216 valence electrons. The van der Waals surface area contributed by atoms with Crippen LogP contribution in [0, 0.1) is 0 Å². The van der Waals surface area contributed by atoms with Gasteiger partial charge in [-0.15, -0.1) is 0 Å². The second-order valence-corrected chi connectivity index (χ2v) is 8.53. The van der Waals surface area contributed by atoms with E-state index in [1.165, 1.54) is 20.9 Å². The molecule has 0 radical (unpaired) electrons. The molecule has 0 saturated heterocycles. The molecule has 0 aromatic carbocycles. The summed E-state index contributed by atoms with van der Waals surface area (Å²) in [5, 5.41) is 24.3. The predicted molar refractivity (Wildman–Crippen MR) is 135 cm³/mol. The van der Waals surface area contributed by atoms with Crippen molar-refractivity contribution < 1.29 is 38.7 Å². The van der Waals surface area contributed by atoms with Crippen LogP contribution < -0.4 is 43.4 Å². The minimum Gasteiger partial charge on any atom is -0.391 e. The Morgan fingerprint density at radius 1 is 0.868 bits per heavy atom. The maximum absolute atomic E-state index is 12.9. The van der Waals surface area contributed by atoms with Crippen molar-refractivity contribution in [2.75, 3.05) is 20.1 Å². The monoisotopic (exact) mass is 544 g/mol. The van der Waals surface area contributed by atoms with Crippen LogP contribution in [0.2, 0.25) is 0 Å². The molecule has 38 heavy (non-hydrogen) atoms. The summed E-state index contributed by atoms with van der Waals surface area (Å²) in [6.45, 7) is 2.97. The highest BCUT2D eigenvalue weighted by Gasteiger charge is 2.32. The third-order valence-electron chi connectivity index (χ3n) is 5.28. The number of unbranched alkanes of at least 4 members (excludes halogenated alkanes) is 1. The number of nitrogens with one attached hydrogen (secondary N) is 6. The van der Waals surface area contributed by atoms with Crippen LogP contribution in [0.15, 0.2) is 0 Å². The van der Waals surface area contributed by atoms with Gasteiger partial charge < -0.3 is 48.5 Å². The highest BCUT2D eigenvalue weighted by Crippen LogP contribution is 2.04. The number of carbonyl (C=O) groups is 7. The van der Waals surface area contributed by atoms with Crippen molar-refractivity contribution in [1.82, 2.24) is 31.9 Å². The van der Waals surface area contributed by atoms with Crippen molar-refractivity contribution in [3.8, 4) is 0 Å². The Labute approximate surface area is 220 Å². The maximum atomic E-state index is 12.9. The number of carbonyl (C=O) groups excluding carboxylic acids is 7. The Hall–Kier alpha value is -3.79. The molecular formula is C22H40N8O8. The zero-order valence-electron chi connectivity index (χ0n) is 21.9. The minimum atomic E-state index is -1.50. The van der Waals surface area contributed by atoms with Crippen molar-refractivity contribution in [2.24, 2.45) is 11.5 Å². The van der Waals surface area contributed by atoms with E-state index in [0.29, 0.717) is 25.8 Å². The third-order valence-corrected chi connectivity index (χ3v) is 5.28. The van der Waals surface area contributed by atoms with Crippen LogP contribution in [0.5, 0.6) is 0 Å². The normalized spacial score (nSPS) is 14.4. The van der Waals surface area contributed by atoms with Gasteiger partial charge in [0.25, 0.3) is 0 Å². The molecule has 0 aliphatic rings. The zero-order chi connectivity index (χ0) is 29.3. The van der Waals surface area contributed by atoms with Gasteiger partial charge in [0, 0.05) is 20.0 Å². The first-order valence-corrected chi connectivity index (χ1v) is 12.1. The number of primary amides is 1. The number of hydrogen-bond acceptors (Lipinski definition) is 9. The van der Waals surface area contributed by atoms with Gasteiger partial charge in [0.15, 0.2) is 0 Å². The van der Waals surface area contributed by atoms with Crippen LogP contribution in [0.3, 0.4) is 0 Å². The number of likely N-dealkylation sites (N-methyl/N-ethyl adjacent to an activating group) is 1. The highest BCUT2D eigenvalue weighted by atomic mass is 16.3. The van der Waals surface area contributed by atoms with Gasteiger partial charge in [0.1, 0.15) is 24.2 Å². The first-order chi connectivity index (χ1) is 17.9. The van der Waals surface area contributed by atoms with Crippen molar-refractivity contribution in [2.45, 2.75) is 76.2 Å². The average Bonchev–Trinajstić information content (AvgIpc) is 2.85. The van der Waals surface area contributed by atoms with Crippen molar-refractivity contribution >= 4 is 41.9 Å². The van der Waals surface area contributed by atoms with E-state index in [9.17, 15) is 38.7 Å². The smallest absolute Gasteiger partial charge is 0.245 e. The van der Waals surface area contributed by atoms with Gasteiger partial charge in [-0.2, -0.15) is 0 Å². The molecule has 7 amide bonds. The maximum Gasteiger partial charge on any atom is 0.245 e. The molecule has 0 saturated carbocycles. The van der Waals surface area contributed by atoms with Crippen LogP contribution in [-0.2, 0) is 33.6 Å². The number of amides is 7. The quantitative estimate of drug-likeness (QED) is 0.0557. The summed E-state index contributed by atoms with van der Waals surface area (Å²) in [5.41, 5.74) is 10.6. The largest absolute Gasteiger partial charge is 0.391 e. The predicted octanol–water partition coefficient (Wildman–Crippen LogP) is -4.79. The summed E-state index contributed by atoms with van der Waals surface area (Å²) >= 11 is 0. The fourth-order valence-electron chi connectivity index (χ4n) is 3.18. The second-order valence-electron chi connectivity index (χ2n) is 8.53. The molecule has 0 aromatic heterocycles. The molecule has 16 heteroatoms. The summed E-state index contributed by atoms with van der Waals surface area (Å²) in [5.74, 6) is -4.50. The van der Waals surface area contributed by atoms with E-state index in [4.69, 9.17) is 11.5 Å². The van der Waals surface area contributed by atoms with Crippen LogP contribution >= 0.6 is 0 Å². The van der Waals surface area contributed by atoms with Gasteiger partial charge in [-0.1, -0.05) is 0 Å². The van der Waals surface area contributed by atoms with Gasteiger partial charge in [-0.25, -0.2) is 0 Å². The third kappa shape index (κ3) is 13.5. The molecule has 0 rings (SSSR count). The fourth-order valence-corrected chi connectivity index (χ4v) is 3.18. The number of aliphatic hydroxyl groups excluding tert-OH is 1. The number of aliphatic hydroxyl groups is 1. The topological polar surface area (TPSA) is 264 Å². The van der Waals surface area contributed by atoms with Crippen molar-refractivity contribution in [3.05, 3.63) is 0 Å². The summed E-state index contributed by atoms with van der Waals surface area (Å²) in [6.07, 6.45) is -0.250. The molecule has 0 bridgehead atoms. The molecule has 16 nitrogen and oxygen atoms in total. The molecule has 0 aliphatic heterocycles. The standard InChI is InChI=1S/C22H40N8O8/c1-12(19(35)29-15(10-16(24)33)20(36)25-3)27-22(38)18(13(2)32)30-21(37)14(6-4-5-8-23)28-17(34)7-9-26-11-31/h11-15,18,32H,4-10,23H2,1-3H3,(H2,24,33)(H,25,36)(H,26,31)(H,27,38)(H,28,34)(H,29,35)(H,30,37)/t12-,13?,14-,15-,18?/m0/s1. The van der Waals surface area contributed by atoms with Crippen LogP contribution in [0.1, 0.15) is 46.0 Å². The Morgan fingerprint density at radius 2 is 1.53 bits per heavy atom. The number of nitrogens with two attached hydrogens (primary N) is 2. The molecule has 0 heterocycles. The Bertz CT molecular complexity index is 838. The Balaban J connectivity index is 5.35. The van der Waals surface area contributed by atoms with Crippen LogP contribution in [0.25, 0.3) is 0 Å². The van der Waals surface area contributed by atoms with Crippen LogP contribution in [-0.4, -0.2) is 97.4 Å². The number of hydrogen-bond donors (Lipinski definition) is 9. The van der Waals surface area contributed by atoms with Gasteiger partial charge in [-0.05, 0) is 39.7 Å². The van der Waals surface area contributed by atoms with Gasteiger partial charge in [-0.3, -0.25) is 33.6 Å². The van der Waals surface area contributed by atoms with E-state index in [1.807, 2.05) is 0 Å². The Kier molecular flexibility index (Phi) is 16.6. The SMILES string of the molecule is CNC(=O)[C@H](CC(N)=O)NC(=O)[C@H](C)NC(=O)C(NC(=O)[C@H](CCCCN)NC(=O)CCNC=O)C(C)O. The zero-order valence-corrected chi connectivity index (χ0v) is 21.9. The van der Waals surface area contributed by atoms with E-state index in [-0.39, 0.29) is 19.4 Å². The fraction of sp³-hybridized carbons (Fsp3) is 0.682. The lowest BCUT2D eigenvalue weighted by Gasteiger charge is -2.26. The van der Waals surface area contributed by atoms with E-state index in [0.717, 1.165) is 0 Å². The van der Waals surface area contributed by atoms with E-state index >= 15 is 0 Å². The summed E-state index contributed by atoms with van der Waals surface area (Å²) in [4.78, 5) is 83.8. The van der Waals surface area contributed by atoms with E-state index in [2.05, 4.69) is 31.9 Å². The summed E-state index contributed by atoms with van der Waals surface area (Å²) < 4.78 is 0. The first kappa shape index (κ1) is 34.2. The lowest BCUT2D eigenvalue weighted by molar-refractivity contribution is -0.136. The molecular weight excluding hydrogens is 504 g/mol. The molecule has 0 aliphatic carbocycles. The van der Waals surface area contributed by atoms with Gasteiger partial charge in [0.2, 0.25) is 41.9 Å². The van der Waals surface area contributed by atoms with E-state index in [1.54, 1.807) is 0 Å². The molecule has 2 unspecified atom stereocenters. The second kappa shape index (κ2) is 18.5. The van der Waals surface area contributed by atoms with Crippen LogP contribution in [0.4, 0.5) is 0 Å². The Morgan fingerprint density at radius 3 is 2.05 bits per heavy atom. The molecule has 5 atom stereocenters. The summed E-state index contributed by atoms with van der Waals surface area (Å²) in [7, 11) is 1.30. The molecule has 0 fully saturated rings. The lowest BCUT2D eigenvalue weighted by atomic mass is 10.1. The lowest BCUT2D eigenvalue weighted by Crippen LogP contribution is -2.60. The number of rotatable bonds is 19. The van der Waals surface area contributed by atoms with E-state index < -0.39 is 72.1 Å². The minimum absolute atomic E-state index is 0.0609. The first-order valence-electron chi connectivity index (χ1n) is 12.1. The van der Waals surface area contributed by atoms with Gasteiger partial charge in [0.05, 0.1) is 12.5 Å². The molecule has 0 aromatic rings. The average molecular weight is 545 g/mol. The van der Waals surface area contributed by atoms with Crippen molar-refractivity contribution in [1.29, 1.82) is 0 Å². The molecule has 0 spiro atoms. The molecule has 11 N–H and O–H groups in total. The highest BCUT2D eigenvalue weighted by molar-refractivity contribution is 5.96. The van der Waals surface area contributed by atoms with Crippen molar-refractivity contribution in [3.63, 3.8) is 0 Å². The summed E-state index contributed by atoms with van der Waals surface area (Å²) in [6, 6.07) is -5.05.